The largest absolute Gasteiger partial charge is 0.378 e. The Morgan fingerprint density at radius 1 is 1.39 bits per heavy atom. The number of hydrogen-bond donors (Lipinski definition) is 2. The maximum Gasteiger partial charge on any atom is 0.220 e. The van der Waals surface area contributed by atoms with E-state index in [1.54, 1.807) is 0 Å². The first-order valence-corrected chi connectivity index (χ1v) is 7.31. The third-order valence-corrected chi connectivity index (χ3v) is 4.21. The third-order valence-electron chi connectivity index (χ3n) is 4.21. The van der Waals surface area contributed by atoms with Crippen molar-refractivity contribution in [2.24, 2.45) is 11.7 Å². The van der Waals surface area contributed by atoms with Gasteiger partial charge in [0.25, 0.3) is 0 Å². The van der Waals surface area contributed by atoms with Gasteiger partial charge in [-0.25, -0.2) is 0 Å². The van der Waals surface area contributed by atoms with Gasteiger partial charge in [0.15, 0.2) is 0 Å². The van der Waals surface area contributed by atoms with Crippen LogP contribution < -0.4 is 11.1 Å². The van der Waals surface area contributed by atoms with Crippen LogP contribution in [0.5, 0.6) is 0 Å². The molecule has 4 nitrogen and oxygen atoms in total. The molecule has 2 aliphatic rings. The molecule has 0 spiro atoms. The lowest BCUT2D eigenvalue weighted by Gasteiger charge is -2.20. The first-order valence-electron chi connectivity index (χ1n) is 7.31. The van der Waals surface area contributed by atoms with Gasteiger partial charge in [0, 0.05) is 25.1 Å². The van der Waals surface area contributed by atoms with Gasteiger partial charge in [0.1, 0.15) is 0 Å². The summed E-state index contributed by atoms with van der Waals surface area (Å²) in [7, 11) is 0. The number of nitrogens with two attached hydrogens (primary N) is 1. The highest BCUT2D eigenvalue weighted by Gasteiger charge is 2.27. The zero-order valence-corrected chi connectivity index (χ0v) is 11.4. The first kappa shape index (κ1) is 13.8. The molecule has 1 saturated heterocycles. The fraction of sp³-hybridized carbons (Fsp3) is 0.929. The Kier molecular flexibility index (Phi) is 5.01. The zero-order chi connectivity index (χ0) is 13.0. The Balaban J connectivity index is 1.66. The SMILES string of the molecule is CC(CC1CCCO1)NC(=O)C[C@@H]1CCC[C@H]1N. The van der Waals surface area contributed by atoms with Crippen LogP contribution >= 0.6 is 0 Å². The summed E-state index contributed by atoms with van der Waals surface area (Å²) in [4.78, 5) is 11.9. The first-order chi connectivity index (χ1) is 8.65. The van der Waals surface area contributed by atoms with E-state index in [4.69, 9.17) is 10.5 Å². The molecule has 2 unspecified atom stereocenters. The quantitative estimate of drug-likeness (QED) is 0.783. The molecule has 1 saturated carbocycles. The van der Waals surface area contributed by atoms with Crippen molar-refractivity contribution >= 4 is 5.91 Å². The van der Waals surface area contributed by atoms with Crippen molar-refractivity contribution in [1.82, 2.24) is 5.32 Å². The molecule has 1 aliphatic carbocycles. The lowest BCUT2D eigenvalue weighted by atomic mass is 9.99. The Hall–Kier alpha value is -0.610. The highest BCUT2D eigenvalue weighted by molar-refractivity contribution is 5.76. The predicted octanol–water partition coefficient (Wildman–Crippen LogP) is 1.58. The van der Waals surface area contributed by atoms with Crippen LogP contribution in [0, 0.1) is 5.92 Å². The van der Waals surface area contributed by atoms with Crippen LogP contribution in [0.1, 0.15) is 51.9 Å². The lowest BCUT2D eigenvalue weighted by molar-refractivity contribution is -0.122. The van der Waals surface area contributed by atoms with E-state index in [1.807, 2.05) is 0 Å². The summed E-state index contributed by atoms with van der Waals surface area (Å²) >= 11 is 0. The average Bonchev–Trinajstić information content (AvgIpc) is 2.91. The third kappa shape index (κ3) is 3.95. The molecule has 0 aromatic carbocycles. The summed E-state index contributed by atoms with van der Waals surface area (Å²) < 4.78 is 5.58. The van der Waals surface area contributed by atoms with Gasteiger partial charge in [0.2, 0.25) is 5.91 Å². The fourth-order valence-electron chi connectivity index (χ4n) is 3.17. The summed E-state index contributed by atoms with van der Waals surface area (Å²) in [5, 5.41) is 3.08. The standard InChI is InChI=1S/C14H26N2O2/c1-10(8-12-5-3-7-18-12)16-14(17)9-11-4-2-6-13(11)15/h10-13H,2-9,15H2,1H3,(H,16,17)/t10?,11-,12?,13+/m0/s1. The van der Waals surface area contributed by atoms with Gasteiger partial charge in [-0.3, -0.25) is 4.79 Å². The fourth-order valence-corrected chi connectivity index (χ4v) is 3.17. The van der Waals surface area contributed by atoms with E-state index in [9.17, 15) is 4.79 Å². The number of carbonyl (C=O) groups is 1. The summed E-state index contributed by atoms with van der Waals surface area (Å²) in [6.45, 7) is 2.94. The minimum Gasteiger partial charge on any atom is -0.378 e. The van der Waals surface area contributed by atoms with Gasteiger partial charge in [0.05, 0.1) is 6.10 Å². The molecule has 1 aliphatic heterocycles. The Morgan fingerprint density at radius 3 is 2.83 bits per heavy atom. The second-order valence-corrected chi connectivity index (χ2v) is 5.90. The molecular weight excluding hydrogens is 228 g/mol. The van der Waals surface area contributed by atoms with E-state index in [0.717, 1.165) is 38.7 Å². The van der Waals surface area contributed by atoms with Crippen molar-refractivity contribution in [2.75, 3.05) is 6.61 Å². The van der Waals surface area contributed by atoms with E-state index < -0.39 is 0 Å². The molecule has 104 valence electrons. The van der Waals surface area contributed by atoms with Crippen molar-refractivity contribution in [1.29, 1.82) is 0 Å². The van der Waals surface area contributed by atoms with Crippen LogP contribution in [0.2, 0.25) is 0 Å². The second-order valence-electron chi connectivity index (χ2n) is 5.90. The van der Waals surface area contributed by atoms with Crippen LogP contribution in [-0.4, -0.2) is 30.7 Å². The molecule has 1 amide bonds. The minimum atomic E-state index is 0.155. The van der Waals surface area contributed by atoms with Crippen molar-refractivity contribution in [3.05, 3.63) is 0 Å². The van der Waals surface area contributed by atoms with Gasteiger partial charge in [-0.1, -0.05) is 6.42 Å². The predicted molar refractivity (Wildman–Crippen MR) is 71.1 cm³/mol. The van der Waals surface area contributed by atoms with Gasteiger partial charge in [-0.05, 0) is 44.9 Å². The minimum absolute atomic E-state index is 0.155. The number of amides is 1. The maximum atomic E-state index is 11.9. The average molecular weight is 254 g/mol. The van der Waals surface area contributed by atoms with E-state index in [2.05, 4.69) is 12.2 Å². The molecule has 3 N–H and O–H groups in total. The molecule has 4 heteroatoms. The van der Waals surface area contributed by atoms with E-state index in [0.29, 0.717) is 18.4 Å². The highest BCUT2D eigenvalue weighted by atomic mass is 16.5. The summed E-state index contributed by atoms with van der Waals surface area (Å²) in [5.74, 6) is 0.544. The van der Waals surface area contributed by atoms with Gasteiger partial charge in [-0.15, -0.1) is 0 Å². The van der Waals surface area contributed by atoms with Crippen LogP contribution in [0.15, 0.2) is 0 Å². The molecule has 2 rings (SSSR count). The summed E-state index contributed by atoms with van der Waals surface area (Å²) in [6.07, 6.45) is 7.51. The van der Waals surface area contributed by atoms with Crippen molar-refractivity contribution in [2.45, 2.75) is 70.1 Å². The van der Waals surface area contributed by atoms with Crippen molar-refractivity contribution < 1.29 is 9.53 Å². The second kappa shape index (κ2) is 6.53. The zero-order valence-electron chi connectivity index (χ0n) is 11.4. The van der Waals surface area contributed by atoms with Crippen LogP contribution in [-0.2, 0) is 9.53 Å². The van der Waals surface area contributed by atoms with Crippen LogP contribution in [0.25, 0.3) is 0 Å². The molecule has 2 fully saturated rings. The van der Waals surface area contributed by atoms with E-state index in [-0.39, 0.29) is 18.0 Å². The Labute approximate surface area is 110 Å². The number of rotatable bonds is 5. The number of nitrogens with one attached hydrogen (secondary N) is 1. The normalized spacial score (nSPS) is 33.6. The monoisotopic (exact) mass is 254 g/mol. The molecule has 0 aromatic rings. The van der Waals surface area contributed by atoms with Crippen molar-refractivity contribution in [3.8, 4) is 0 Å². The Morgan fingerprint density at radius 2 is 2.22 bits per heavy atom. The number of ether oxygens (including phenoxy) is 1. The molecule has 4 atom stereocenters. The molecular formula is C14H26N2O2. The van der Waals surface area contributed by atoms with Crippen molar-refractivity contribution in [3.63, 3.8) is 0 Å². The van der Waals surface area contributed by atoms with Gasteiger partial charge >= 0.3 is 0 Å². The highest BCUT2D eigenvalue weighted by Crippen LogP contribution is 2.26. The molecule has 0 radical (unpaired) electrons. The Bertz CT molecular complexity index is 277. The molecule has 0 bridgehead atoms. The summed E-state index contributed by atoms with van der Waals surface area (Å²) in [5.41, 5.74) is 5.99. The van der Waals surface area contributed by atoms with E-state index >= 15 is 0 Å². The number of hydrogen-bond acceptors (Lipinski definition) is 3. The van der Waals surface area contributed by atoms with E-state index in [1.165, 1.54) is 6.42 Å². The van der Waals surface area contributed by atoms with Crippen LogP contribution in [0.3, 0.4) is 0 Å². The molecule has 18 heavy (non-hydrogen) atoms. The maximum absolute atomic E-state index is 11.9. The lowest BCUT2D eigenvalue weighted by Crippen LogP contribution is -2.37. The number of carbonyl (C=O) groups excluding carboxylic acids is 1. The summed E-state index contributed by atoms with van der Waals surface area (Å²) in [6, 6.07) is 0.433. The molecule has 0 aromatic heterocycles. The topological polar surface area (TPSA) is 64.3 Å². The smallest absolute Gasteiger partial charge is 0.220 e. The van der Waals surface area contributed by atoms with Gasteiger partial charge in [-0.2, -0.15) is 0 Å². The van der Waals surface area contributed by atoms with Crippen LogP contribution in [0.4, 0.5) is 0 Å². The molecule has 1 heterocycles. The van der Waals surface area contributed by atoms with Gasteiger partial charge < -0.3 is 15.8 Å².